The average Bonchev–Trinajstić information content (AvgIpc) is 2.63. The fourth-order valence-corrected chi connectivity index (χ4v) is 5.58. The third-order valence-corrected chi connectivity index (χ3v) is 6.61. The lowest BCUT2D eigenvalue weighted by Gasteiger charge is -2.38. The first-order chi connectivity index (χ1) is 8.23. The van der Waals surface area contributed by atoms with Crippen molar-refractivity contribution in [2.45, 2.75) is 68.8 Å². The molecule has 4 nitrogen and oxygen atoms in total. The molecule has 18 heavy (non-hydrogen) atoms. The molecule has 106 valence electrons. The van der Waals surface area contributed by atoms with Crippen molar-refractivity contribution in [2.75, 3.05) is 12.4 Å². The molecule has 1 aliphatic heterocycles. The van der Waals surface area contributed by atoms with Crippen LogP contribution < -0.4 is 5.73 Å². The van der Waals surface area contributed by atoms with Crippen molar-refractivity contribution in [2.24, 2.45) is 5.73 Å². The predicted molar refractivity (Wildman–Crippen MR) is 72.2 cm³/mol. The molecule has 1 heterocycles. The fourth-order valence-electron chi connectivity index (χ4n) is 3.29. The maximum absolute atomic E-state index is 12.4. The topological polar surface area (TPSA) is 69.4 Å². The van der Waals surface area contributed by atoms with Gasteiger partial charge in [0.1, 0.15) is 0 Å². The molecule has 2 aliphatic rings. The number of rotatable bonds is 3. The van der Waals surface area contributed by atoms with E-state index in [2.05, 4.69) is 0 Å². The lowest BCUT2D eigenvalue weighted by atomic mass is 9.92. The van der Waals surface area contributed by atoms with Crippen molar-refractivity contribution in [3.8, 4) is 0 Å². The van der Waals surface area contributed by atoms with Crippen LogP contribution in [0.15, 0.2) is 0 Å². The first kappa shape index (κ1) is 14.3. The highest BCUT2D eigenvalue weighted by Crippen LogP contribution is 2.41. The van der Waals surface area contributed by atoms with Crippen molar-refractivity contribution in [3.63, 3.8) is 0 Å². The molecule has 1 spiro atoms. The van der Waals surface area contributed by atoms with E-state index in [4.69, 9.17) is 10.5 Å². The first-order valence-corrected chi connectivity index (χ1v) is 8.59. The van der Waals surface area contributed by atoms with Crippen molar-refractivity contribution < 1.29 is 13.2 Å². The van der Waals surface area contributed by atoms with Gasteiger partial charge < -0.3 is 10.5 Å². The summed E-state index contributed by atoms with van der Waals surface area (Å²) < 4.78 is 30.7. The SMILES string of the molecule is CC(C)(N)CS(=O)(=O)C1CCOC2(CCCC2)C1. The highest BCUT2D eigenvalue weighted by atomic mass is 32.2. The van der Waals surface area contributed by atoms with Gasteiger partial charge >= 0.3 is 0 Å². The van der Waals surface area contributed by atoms with Gasteiger partial charge in [-0.1, -0.05) is 12.8 Å². The zero-order valence-corrected chi connectivity index (χ0v) is 12.3. The molecule has 0 amide bonds. The van der Waals surface area contributed by atoms with Gasteiger partial charge in [-0.15, -0.1) is 0 Å². The molecule has 1 unspecified atom stereocenters. The predicted octanol–water partition coefficient (Wildman–Crippen LogP) is 1.63. The Balaban J connectivity index is 2.09. The van der Waals surface area contributed by atoms with E-state index in [0.717, 1.165) is 25.7 Å². The van der Waals surface area contributed by atoms with Gasteiger partial charge in [0.15, 0.2) is 9.84 Å². The van der Waals surface area contributed by atoms with E-state index in [1.54, 1.807) is 13.8 Å². The number of nitrogens with two attached hydrogens (primary N) is 1. The maximum atomic E-state index is 12.4. The van der Waals surface area contributed by atoms with Crippen LogP contribution in [0.25, 0.3) is 0 Å². The van der Waals surface area contributed by atoms with Crippen LogP contribution in [0.1, 0.15) is 52.4 Å². The van der Waals surface area contributed by atoms with E-state index in [1.165, 1.54) is 0 Å². The molecule has 1 atom stereocenters. The van der Waals surface area contributed by atoms with Gasteiger partial charge in [-0.3, -0.25) is 0 Å². The molecule has 0 aromatic rings. The van der Waals surface area contributed by atoms with Crippen LogP contribution in [0, 0.1) is 0 Å². The van der Waals surface area contributed by atoms with Crippen molar-refractivity contribution in [1.82, 2.24) is 0 Å². The summed E-state index contributed by atoms with van der Waals surface area (Å²) in [5.41, 5.74) is 5.07. The summed E-state index contributed by atoms with van der Waals surface area (Å²) >= 11 is 0. The van der Waals surface area contributed by atoms with Gasteiger partial charge in [0.2, 0.25) is 0 Å². The van der Waals surface area contributed by atoms with E-state index in [0.29, 0.717) is 19.4 Å². The number of sulfone groups is 1. The molecule has 0 bridgehead atoms. The first-order valence-electron chi connectivity index (χ1n) is 6.87. The second kappa shape index (κ2) is 4.76. The van der Waals surface area contributed by atoms with Crippen molar-refractivity contribution >= 4 is 9.84 Å². The van der Waals surface area contributed by atoms with E-state index in [9.17, 15) is 8.42 Å². The summed E-state index contributed by atoms with van der Waals surface area (Å²) in [6.45, 7) is 4.12. The minimum Gasteiger partial charge on any atom is -0.375 e. The molecular formula is C13H25NO3S. The number of ether oxygens (including phenoxy) is 1. The Hall–Kier alpha value is -0.130. The molecule has 1 aliphatic carbocycles. The Morgan fingerprint density at radius 2 is 1.94 bits per heavy atom. The lowest BCUT2D eigenvalue weighted by molar-refractivity contribution is -0.0713. The van der Waals surface area contributed by atoms with E-state index >= 15 is 0 Å². The summed E-state index contributed by atoms with van der Waals surface area (Å²) in [5.74, 6) is 0.0702. The van der Waals surface area contributed by atoms with Crippen molar-refractivity contribution in [3.05, 3.63) is 0 Å². The third-order valence-electron chi connectivity index (χ3n) is 4.04. The second-order valence-electron chi connectivity index (χ2n) is 6.65. The van der Waals surface area contributed by atoms with Crippen LogP contribution in [-0.2, 0) is 14.6 Å². The molecule has 1 saturated heterocycles. The number of hydrogen-bond acceptors (Lipinski definition) is 4. The average molecular weight is 275 g/mol. The molecule has 1 saturated carbocycles. The molecule has 0 radical (unpaired) electrons. The molecule has 2 N–H and O–H groups in total. The summed E-state index contributed by atoms with van der Waals surface area (Å²) in [6.07, 6.45) is 5.66. The van der Waals surface area contributed by atoms with Gasteiger partial charge in [0.25, 0.3) is 0 Å². The van der Waals surface area contributed by atoms with Crippen LogP contribution in [0.2, 0.25) is 0 Å². The Morgan fingerprint density at radius 1 is 1.33 bits per heavy atom. The highest BCUT2D eigenvalue weighted by molar-refractivity contribution is 7.92. The fraction of sp³-hybridized carbons (Fsp3) is 1.00. The standard InChI is InChI=1S/C13H25NO3S/c1-12(2,14)10-18(15,16)11-5-8-17-13(9-11)6-3-4-7-13/h11H,3-10,14H2,1-2H3. The summed E-state index contributed by atoms with van der Waals surface area (Å²) in [7, 11) is -3.11. The minimum atomic E-state index is -3.11. The van der Waals surface area contributed by atoms with Crippen LogP contribution >= 0.6 is 0 Å². The number of hydrogen-bond donors (Lipinski definition) is 1. The maximum Gasteiger partial charge on any atom is 0.155 e. The molecular weight excluding hydrogens is 250 g/mol. The zero-order valence-electron chi connectivity index (χ0n) is 11.4. The Morgan fingerprint density at radius 3 is 2.50 bits per heavy atom. The van der Waals surface area contributed by atoms with Crippen molar-refractivity contribution in [1.29, 1.82) is 0 Å². The Labute approximate surface area is 110 Å². The van der Waals surface area contributed by atoms with Crippen LogP contribution in [0.3, 0.4) is 0 Å². The smallest absolute Gasteiger partial charge is 0.155 e. The lowest BCUT2D eigenvalue weighted by Crippen LogP contribution is -2.48. The van der Waals surface area contributed by atoms with E-state index in [1.807, 2.05) is 0 Å². The van der Waals surface area contributed by atoms with Gasteiger partial charge in [0, 0.05) is 12.1 Å². The largest absolute Gasteiger partial charge is 0.375 e. The third kappa shape index (κ3) is 3.25. The van der Waals surface area contributed by atoms with E-state index in [-0.39, 0.29) is 16.6 Å². The van der Waals surface area contributed by atoms with Crippen LogP contribution in [-0.4, -0.2) is 37.2 Å². The summed E-state index contributed by atoms with van der Waals surface area (Å²) in [5, 5.41) is -0.257. The molecule has 2 fully saturated rings. The van der Waals surface area contributed by atoms with Crippen LogP contribution in [0.4, 0.5) is 0 Å². The quantitative estimate of drug-likeness (QED) is 0.850. The van der Waals surface area contributed by atoms with Gasteiger partial charge in [-0.2, -0.15) is 0 Å². The van der Waals surface area contributed by atoms with Gasteiger partial charge in [-0.25, -0.2) is 8.42 Å². The summed E-state index contributed by atoms with van der Waals surface area (Å²) in [6, 6.07) is 0. The normalized spacial score (nSPS) is 28.7. The zero-order chi connectivity index (χ0) is 13.4. The minimum absolute atomic E-state index is 0.0702. The Kier molecular flexibility index (Phi) is 3.78. The second-order valence-corrected chi connectivity index (χ2v) is 8.93. The van der Waals surface area contributed by atoms with E-state index < -0.39 is 15.4 Å². The summed E-state index contributed by atoms with van der Waals surface area (Å²) in [4.78, 5) is 0. The van der Waals surface area contributed by atoms with Gasteiger partial charge in [-0.05, 0) is 39.5 Å². The molecule has 0 aromatic carbocycles. The molecule has 0 aromatic heterocycles. The Bertz CT molecular complexity index is 391. The van der Waals surface area contributed by atoms with Crippen LogP contribution in [0.5, 0.6) is 0 Å². The molecule has 2 rings (SSSR count). The van der Waals surface area contributed by atoms with Gasteiger partial charge in [0.05, 0.1) is 16.6 Å². The highest BCUT2D eigenvalue weighted by Gasteiger charge is 2.44. The monoisotopic (exact) mass is 275 g/mol. The molecule has 5 heteroatoms.